The molecule has 2 rings (SSSR count). The van der Waals surface area contributed by atoms with E-state index in [9.17, 15) is 18.4 Å². The molecule has 2 N–H and O–H groups in total. The third-order valence-electron chi connectivity index (χ3n) is 4.66. The number of anilines is 2. The van der Waals surface area contributed by atoms with Crippen LogP contribution in [0.15, 0.2) is 30.3 Å². The monoisotopic (exact) mass is 420 g/mol. The van der Waals surface area contributed by atoms with Crippen LogP contribution < -0.4 is 15.5 Å². The SMILES string of the molecule is CNC(=O)c1ccc(N(C)C(C)(C)C(=O)Nc2ccc(C#N)c(Cl)c2F)cc1F. The minimum absolute atomic E-state index is 0.0507. The molecular weight excluding hydrogens is 402 g/mol. The second-order valence-corrected chi connectivity index (χ2v) is 7.09. The second kappa shape index (κ2) is 8.45. The highest BCUT2D eigenvalue weighted by atomic mass is 35.5. The number of likely N-dealkylation sites (N-methyl/N-ethyl adjacent to an activating group) is 1. The van der Waals surface area contributed by atoms with Gasteiger partial charge in [-0.05, 0) is 44.2 Å². The van der Waals surface area contributed by atoms with Gasteiger partial charge in [-0.1, -0.05) is 11.6 Å². The van der Waals surface area contributed by atoms with E-state index in [2.05, 4.69) is 10.6 Å². The molecule has 0 saturated heterocycles. The Morgan fingerprint density at radius 3 is 2.41 bits per heavy atom. The summed E-state index contributed by atoms with van der Waals surface area (Å²) in [6, 6.07) is 8.24. The molecule has 6 nitrogen and oxygen atoms in total. The van der Waals surface area contributed by atoms with Gasteiger partial charge < -0.3 is 15.5 Å². The van der Waals surface area contributed by atoms with E-state index in [4.69, 9.17) is 16.9 Å². The van der Waals surface area contributed by atoms with Crippen molar-refractivity contribution in [3.63, 3.8) is 0 Å². The fraction of sp³-hybridized carbons (Fsp3) is 0.250. The third-order valence-corrected chi connectivity index (χ3v) is 5.03. The summed E-state index contributed by atoms with van der Waals surface area (Å²) in [4.78, 5) is 25.9. The molecule has 0 bridgehead atoms. The Kier molecular flexibility index (Phi) is 6.44. The molecule has 152 valence electrons. The average Bonchev–Trinajstić information content (AvgIpc) is 2.70. The summed E-state index contributed by atoms with van der Waals surface area (Å²) in [5.41, 5.74) is -1.24. The molecule has 0 aliphatic rings. The predicted octanol–water partition coefficient (Wildman–Crippen LogP) is 3.70. The quantitative estimate of drug-likeness (QED) is 0.772. The van der Waals surface area contributed by atoms with Crippen LogP contribution in [0.1, 0.15) is 29.8 Å². The van der Waals surface area contributed by atoms with E-state index >= 15 is 0 Å². The van der Waals surface area contributed by atoms with Crippen molar-refractivity contribution in [2.24, 2.45) is 0 Å². The molecule has 0 saturated carbocycles. The normalized spacial score (nSPS) is 10.8. The summed E-state index contributed by atoms with van der Waals surface area (Å²) in [6.45, 7) is 3.13. The Labute approximate surface area is 172 Å². The van der Waals surface area contributed by atoms with Crippen LogP contribution in [0.4, 0.5) is 20.2 Å². The van der Waals surface area contributed by atoms with Crippen molar-refractivity contribution in [3.8, 4) is 6.07 Å². The Morgan fingerprint density at radius 2 is 1.86 bits per heavy atom. The van der Waals surface area contributed by atoms with E-state index in [0.717, 1.165) is 6.07 Å². The fourth-order valence-corrected chi connectivity index (χ4v) is 2.72. The van der Waals surface area contributed by atoms with Gasteiger partial charge in [0.1, 0.15) is 17.4 Å². The molecular formula is C20H19ClF2N4O2. The highest BCUT2D eigenvalue weighted by molar-refractivity contribution is 6.32. The van der Waals surface area contributed by atoms with Crippen LogP contribution in [-0.2, 0) is 4.79 Å². The first kappa shape index (κ1) is 22.1. The first-order valence-electron chi connectivity index (χ1n) is 8.49. The first-order valence-corrected chi connectivity index (χ1v) is 8.87. The number of hydrogen-bond donors (Lipinski definition) is 2. The van der Waals surface area contributed by atoms with Gasteiger partial charge >= 0.3 is 0 Å². The minimum Gasteiger partial charge on any atom is -0.361 e. The van der Waals surface area contributed by atoms with E-state index in [1.54, 1.807) is 27.0 Å². The van der Waals surface area contributed by atoms with Crippen molar-refractivity contribution in [3.05, 3.63) is 58.1 Å². The lowest BCUT2D eigenvalue weighted by Gasteiger charge is -2.36. The lowest BCUT2D eigenvalue weighted by Crippen LogP contribution is -2.51. The van der Waals surface area contributed by atoms with Crippen molar-refractivity contribution in [1.29, 1.82) is 5.26 Å². The lowest BCUT2D eigenvalue weighted by molar-refractivity contribution is -0.120. The van der Waals surface area contributed by atoms with E-state index in [1.165, 1.54) is 36.2 Å². The summed E-state index contributed by atoms with van der Waals surface area (Å²) in [6.07, 6.45) is 0. The summed E-state index contributed by atoms with van der Waals surface area (Å²) >= 11 is 5.79. The van der Waals surface area contributed by atoms with Crippen LogP contribution in [-0.4, -0.2) is 31.4 Å². The maximum Gasteiger partial charge on any atom is 0.253 e. The van der Waals surface area contributed by atoms with Gasteiger partial charge in [-0.2, -0.15) is 5.26 Å². The Balaban J connectivity index is 2.29. The summed E-state index contributed by atoms with van der Waals surface area (Å²) in [5, 5.41) is 13.3. The predicted molar refractivity (Wildman–Crippen MR) is 107 cm³/mol. The summed E-state index contributed by atoms with van der Waals surface area (Å²) in [5.74, 6) is -2.81. The molecule has 0 unspecified atom stereocenters. The zero-order valence-corrected chi connectivity index (χ0v) is 17.0. The van der Waals surface area contributed by atoms with Crippen molar-refractivity contribution < 1.29 is 18.4 Å². The number of carbonyl (C=O) groups is 2. The number of nitriles is 1. The van der Waals surface area contributed by atoms with Crippen LogP contribution in [0.2, 0.25) is 5.02 Å². The molecule has 0 aromatic heterocycles. The minimum atomic E-state index is -1.23. The number of benzene rings is 2. The van der Waals surface area contributed by atoms with Crippen LogP contribution in [0, 0.1) is 23.0 Å². The van der Waals surface area contributed by atoms with Gasteiger partial charge in [-0.3, -0.25) is 9.59 Å². The third kappa shape index (κ3) is 4.30. The lowest BCUT2D eigenvalue weighted by atomic mass is 10.00. The van der Waals surface area contributed by atoms with Crippen LogP contribution in [0.25, 0.3) is 0 Å². The van der Waals surface area contributed by atoms with E-state index in [-0.39, 0.29) is 21.8 Å². The molecule has 2 aromatic rings. The van der Waals surface area contributed by atoms with Crippen LogP contribution in [0.3, 0.4) is 0 Å². The summed E-state index contributed by atoms with van der Waals surface area (Å²) in [7, 11) is 2.96. The molecule has 29 heavy (non-hydrogen) atoms. The van der Waals surface area contributed by atoms with Gasteiger partial charge in [0.25, 0.3) is 5.91 Å². The number of rotatable bonds is 5. The number of nitrogens with zero attached hydrogens (tertiary/aromatic N) is 2. The van der Waals surface area contributed by atoms with Gasteiger partial charge in [-0.25, -0.2) is 8.78 Å². The molecule has 0 fully saturated rings. The Bertz CT molecular complexity index is 1020. The zero-order chi connectivity index (χ0) is 21.9. The maximum atomic E-state index is 14.3. The number of amides is 2. The topological polar surface area (TPSA) is 85.2 Å². The van der Waals surface area contributed by atoms with Crippen molar-refractivity contribution in [2.75, 3.05) is 24.3 Å². The molecule has 0 spiro atoms. The van der Waals surface area contributed by atoms with Crippen molar-refractivity contribution >= 4 is 34.8 Å². The highest BCUT2D eigenvalue weighted by Crippen LogP contribution is 2.29. The average molecular weight is 421 g/mol. The molecule has 0 atom stereocenters. The number of nitrogens with one attached hydrogen (secondary N) is 2. The molecule has 0 heterocycles. The van der Waals surface area contributed by atoms with Gasteiger partial charge in [0.2, 0.25) is 5.91 Å². The van der Waals surface area contributed by atoms with Gasteiger partial charge in [0.05, 0.1) is 21.8 Å². The second-order valence-electron chi connectivity index (χ2n) is 6.72. The number of carbonyl (C=O) groups excluding carboxylic acids is 2. The van der Waals surface area contributed by atoms with Gasteiger partial charge in [-0.15, -0.1) is 0 Å². The number of halogens is 3. The Morgan fingerprint density at radius 1 is 1.21 bits per heavy atom. The standard InChI is InChI=1S/C20H19ClF2N4O2/c1-20(2,19(29)26-15-8-5-11(10-24)16(21)17(15)23)27(4)12-6-7-13(14(22)9-12)18(28)25-3/h5-9H,1-4H3,(H,25,28)(H,26,29). The zero-order valence-electron chi connectivity index (χ0n) is 16.2. The Hall–Kier alpha value is -3.18. The molecule has 2 aromatic carbocycles. The fourth-order valence-electron chi connectivity index (χ4n) is 2.51. The van der Waals surface area contributed by atoms with Crippen molar-refractivity contribution in [1.82, 2.24) is 5.32 Å². The van der Waals surface area contributed by atoms with Crippen LogP contribution >= 0.6 is 11.6 Å². The van der Waals surface area contributed by atoms with E-state index < -0.39 is 29.0 Å². The molecule has 0 aliphatic heterocycles. The van der Waals surface area contributed by atoms with Crippen LogP contribution in [0.5, 0.6) is 0 Å². The number of hydrogen-bond acceptors (Lipinski definition) is 4. The van der Waals surface area contributed by atoms with Crippen molar-refractivity contribution in [2.45, 2.75) is 19.4 Å². The molecule has 0 aliphatic carbocycles. The largest absolute Gasteiger partial charge is 0.361 e. The molecule has 9 heteroatoms. The smallest absolute Gasteiger partial charge is 0.253 e. The van der Waals surface area contributed by atoms with E-state index in [0.29, 0.717) is 5.69 Å². The van der Waals surface area contributed by atoms with E-state index in [1.807, 2.05) is 0 Å². The first-order chi connectivity index (χ1) is 13.5. The summed E-state index contributed by atoms with van der Waals surface area (Å²) < 4.78 is 28.6. The molecule has 2 amide bonds. The van der Waals surface area contributed by atoms with Gasteiger partial charge in [0.15, 0.2) is 5.82 Å². The molecule has 0 radical (unpaired) electrons. The maximum absolute atomic E-state index is 14.3. The highest BCUT2D eigenvalue weighted by Gasteiger charge is 2.34. The van der Waals surface area contributed by atoms with Gasteiger partial charge in [0, 0.05) is 19.8 Å².